The van der Waals surface area contributed by atoms with Gasteiger partial charge in [-0.3, -0.25) is 10.2 Å². The number of para-hydroxylation sites is 1. The second kappa shape index (κ2) is 6.57. The molecule has 2 rings (SSSR count). The molecule has 1 aromatic rings. The van der Waals surface area contributed by atoms with Crippen molar-refractivity contribution in [3.05, 3.63) is 29.8 Å². The van der Waals surface area contributed by atoms with Crippen molar-refractivity contribution in [3.63, 3.8) is 0 Å². The van der Waals surface area contributed by atoms with E-state index in [1.165, 1.54) is 24.1 Å². The first-order valence-corrected chi connectivity index (χ1v) is 7.06. The molecule has 0 saturated heterocycles. The number of hydrazine groups is 1. The molecule has 0 aromatic heterocycles. The number of rotatable bonds is 4. The van der Waals surface area contributed by atoms with Gasteiger partial charge in [0.2, 0.25) is 5.91 Å². The number of aryl methyl sites for hydroxylation is 1. The zero-order valence-corrected chi connectivity index (χ0v) is 11.6. The molecular formula is C15H23N3O. The van der Waals surface area contributed by atoms with E-state index >= 15 is 0 Å². The van der Waals surface area contributed by atoms with E-state index in [1.54, 1.807) is 0 Å². The molecule has 1 aromatic carbocycles. The third-order valence-corrected chi connectivity index (χ3v) is 3.88. The Hall–Kier alpha value is -1.55. The zero-order chi connectivity index (χ0) is 13.7. The van der Waals surface area contributed by atoms with Crippen molar-refractivity contribution >= 4 is 11.6 Å². The average molecular weight is 261 g/mol. The standard InChI is InChI=1S/C15H23N3O/c1-12(9-10-15(19)17-16)18-11-5-4-7-13-6-2-3-8-14(13)18/h2-3,6,8,12H,4-5,7,9-11,16H2,1H3,(H,17,19). The van der Waals surface area contributed by atoms with Crippen LogP contribution in [-0.4, -0.2) is 18.5 Å². The van der Waals surface area contributed by atoms with Gasteiger partial charge in [0.05, 0.1) is 0 Å². The van der Waals surface area contributed by atoms with E-state index in [2.05, 4.69) is 41.5 Å². The van der Waals surface area contributed by atoms with Gasteiger partial charge in [-0.25, -0.2) is 5.84 Å². The van der Waals surface area contributed by atoms with E-state index in [4.69, 9.17) is 5.84 Å². The van der Waals surface area contributed by atoms with Gasteiger partial charge in [0.25, 0.3) is 0 Å². The largest absolute Gasteiger partial charge is 0.369 e. The van der Waals surface area contributed by atoms with E-state index < -0.39 is 0 Å². The summed E-state index contributed by atoms with van der Waals surface area (Å²) in [6.45, 7) is 3.26. The number of fused-ring (bicyclic) bond motifs is 1. The molecule has 19 heavy (non-hydrogen) atoms. The number of nitrogens with one attached hydrogen (secondary N) is 1. The molecule has 1 unspecified atom stereocenters. The molecule has 0 saturated carbocycles. The maximum absolute atomic E-state index is 11.3. The molecule has 1 heterocycles. The van der Waals surface area contributed by atoms with Gasteiger partial charge >= 0.3 is 0 Å². The molecule has 3 N–H and O–H groups in total. The first kappa shape index (κ1) is 13.9. The Morgan fingerprint density at radius 3 is 3.00 bits per heavy atom. The highest BCUT2D eigenvalue weighted by Gasteiger charge is 2.20. The predicted octanol–water partition coefficient (Wildman–Crippen LogP) is 1.99. The maximum atomic E-state index is 11.3. The molecule has 0 fully saturated rings. The van der Waals surface area contributed by atoms with Crippen LogP contribution >= 0.6 is 0 Å². The van der Waals surface area contributed by atoms with Crippen LogP contribution in [0, 0.1) is 0 Å². The Bertz CT molecular complexity index is 433. The van der Waals surface area contributed by atoms with Gasteiger partial charge < -0.3 is 4.90 Å². The molecule has 104 valence electrons. The van der Waals surface area contributed by atoms with Gasteiger partial charge in [-0.1, -0.05) is 18.2 Å². The summed E-state index contributed by atoms with van der Waals surface area (Å²) in [5.74, 6) is 5.04. The van der Waals surface area contributed by atoms with Crippen molar-refractivity contribution in [2.24, 2.45) is 5.84 Å². The normalized spacial score (nSPS) is 16.4. The molecule has 1 aliphatic rings. The number of nitrogens with two attached hydrogens (primary N) is 1. The molecule has 0 bridgehead atoms. The Kier molecular flexibility index (Phi) is 4.80. The SMILES string of the molecule is CC(CCC(=O)NN)N1CCCCc2ccccc21. The van der Waals surface area contributed by atoms with E-state index in [0.29, 0.717) is 12.5 Å². The van der Waals surface area contributed by atoms with Crippen LogP contribution in [0.4, 0.5) is 5.69 Å². The minimum Gasteiger partial charge on any atom is -0.369 e. The van der Waals surface area contributed by atoms with Gasteiger partial charge in [0.1, 0.15) is 0 Å². The molecule has 4 nitrogen and oxygen atoms in total. The highest BCUT2D eigenvalue weighted by atomic mass is 16.2. The Balaban J connectivity index is 2.08. The van der Waals surface area contributed by atoms with Crippen LogP contribution in [0.1, 0.15) is 38.2 Å². The second-order valence-electron chi connectivity index (χ2n) is 5.23. The van der Waals surface area contributed by atoms with Gasteiger partial charge in [-0.15, -0.1) is 0 Å². The number of carbonyl (C=O) groups excluding carboxylic acids is 1. The smallest absolute Gasteiger partial charge is 0.233 e. The van der Waals surface area contributed by atoms with Gasteiger partial charge in [-0.05, 0) is 44.2 Å². The summed E-state index contributed by atoms with van der Waals surface area (Å²) >= 11 is 0. The molecule has 1 atom stereocenters. The van der Waals surface area contributed by atoms with Gasteiger partial charge in [0, 0.05) is 24.7 Å². The minimum atomic E-state index is -0.0880. The summed E-state index contributed by atoms with van der Waals surface area (Å²) in [6.07, 6.45) is 4.92. The molecule has 0 radical (unpaired) electrons. The number of hydrogen-bond acceptors (Lipinski definition) is 3. The number of amides is 1. The predicted molar refractivity (Wildman–Crippen MR) is 77.8 cm³/mol. The quantitative estimate of drug-likeness (QED) is 0.495. The lowest BCUT2D eigenvalue weighted by Crippen LogP contribution is -2.36. The Morgan fingerprint density at radius 1 is 1.42 bits per heavy atom. The molecule has 1 aliphatic heterocycles. The average Bonchev–Trinajstić information content (AvgIpc) is 2.66. The van der Waals surface area contributed by atoms with Crippen LogP contribution in [0.2, 0.25) is 0 Å². The van der Waals surface area contributed by atoms with Crippen LogP contribution < -0.4 is 16.2 Å². The number of benzene rings is 1. The second-order valence-corrected chi connectivity index (χ2v) is 5.23. The van der Waals surface area contributed by atoms with Crippen LogP contribution in [0.15, 0.2) is 24.3 Å². The van der Waals surface area contributed by atoms with Gasteiger partial charge in [0.15, 0.2) is 0 Å². The number of nitrogens with zero attached hydrogens (tertiary/aromatic N) is 1. The molecule has 1 amide bonds. The van der Waals surface area contributed by atoms with Crippen molar-refractivity contribution in [1.82, 2.24) is 5.43 Å². The minimum absolute atomic E-state index is 0.0880. The maximum Gasteiger partial charge on any atom is 0.233 e. The molecule has 0 spiro atoms. The van der Waals surface area contributed by atoms with E-state index in [0.717, 1.165) is 19.4 Å². The Morgan fingerprint density at radius 2 is 2.21 bits per heavy atom. The summed E-state index contributed by atoms with van der Waals surface area (Å²) in [5, 5.41) is 0. The number of anilines is 1. The third kappa shape index (κ3) is 3.47. The highest BCUT2D eigenvalue weighted by molar-refractivity contribution is 5.75. The molecular weight excluding hydrogens is 238 g/mol. The molecule has 0 aliphatic carbocycles. The van der Waals surface area contributed by atoms with E-state index in [1.807, 2.05) is 0 Å². The zero-order valence-electron chi connectivity index (χ0n) is 11.6. The fourth-order valence-electron chi connectivity index (χ4n) is 2.75. The van der Waals surface area contributed by atoms with Crippen LogP contribution in [0.25, 0.3) is 0 Å². The van der Waals surface area contributed by atoms with Gasteiger partial charge in [-0.2, -0.15) is 0 Å². The van der Waals surface area contributed by atoms with Crippen LogP contribution in [0.5, 0.6) is 0 Å². The van der Waals surface area contributed by atoms with Crippen LogP contribution in [0.3, 0.4) is 0 Å². The van der Waals surface area contributed by atoms with Crippen molar-refractivity contribution in [3.8, 4) is 0 Å². The fraction of sp³-hybridized carbons (Fsp3) is 0.533. The fourth-order valence-corrected chi connectivity index (χ4v) is 2.75. The number of hydrogen-bond donors (Lipinski definition) is 2. The lowest BCUT2D eigenvalue weighted by atomic mass is 10.1. The monoisotopic (exact) mass is 261 g/mol. The lowest BCUT2D eigenvalue weighted by molar-refractivity contribution is -0.121. The lowest BCUT2D eigenvalue weighted by Gasteiger charge is -2.31. The Labute approximate surface area is 114 Å². The topological polar surface area (TPSA) is 58.4 Å². The first-order valence-electron chi connectivity index (χ1n) is 7.06. The molecule has 4 heteroatoms. The van der Waals surface area contributed by atoms with Crippen molar-refractivity contribution in [2.75, 3.05) is 11.4 Å². The summed E-state index contributed by atoms with van der Waals surface area (Å²) in [5.41, 5.74) is 4.96. The van der Waals surface area contributed by atoms with Crippen molar-refractivity contribution in [2.45, 2.75) is 45.1 Å². The summed E-state index contributed by atoms with van der Waals surface area (Å²) in [4.78, 5) is 13.7. The number of carbonyl (C=O) groups is 1. The van der Waals surface area contributed by atoms with E-state index in [9.17, 15) is 4.79 Å². The first-order chi connectivity index (χ1) is 9.22. The van der Waals surface area contributed by atoms with E-state index in [-0.39, 0.29) is 5.91 Å². The van der Waals surface area contributed by atoms with Crippen molar-refractivity contribution in [1.29, 1.82) is 0 Å². The third-order valence-electron chi connectivity index (χ3n) is 3.88. The van der Waals surface area contributed by atoms with Crippen molar-refractivity contribution < 1.29 is 4.79 Å². The highest BCUT2D eigenvalue weighted by Crippen LogP contribution is 2.28. The van der Waals surface area contributed by atoms with Crippen LogP contribution in [-0.2, 0) is 11.2 Å². The summed E-state index contributed by atoms with van der Waals surface area (Å²) < 4.78 is 0. The summed E-state index contributed by atoms with van der Waals surface area (Å²) in [7, 11) is 0. The summed E-state index contributed by atoms with van der Waals surface area (Å²) in [6, 6.07) is 8.97.